The van der Waals surface area contributed by atoms with E-state index in [0.717, 1.165) is 27.6 Å². The van der Waals surface area contributed by atoms with Gasteiger partial charge in [0.05, 0.1) is 17.9 Å². The first kappa shape index (κ1) is 7.58. The first-order valence-electron chi connectivity index (χ1n) is 4.45. The molecule has 2 heterocycles. The summed E-state index contributed by atoms with van der Waals surface area (Å²) >= 11 is 0. The number of rotatable bonds is 0. The van der Waals surface area contributed by atoms with Crippen molar-refractivity contribution in [3.63, 3.8) is 0 Å². The van der Waals surface area contributed by atoms with Crippen LogP contribution in [-0.4, -0.2) is 17.5 Å². The molecule has 0 saturated heterocycles. The lowest BCUT2D eigenvalue weighted by Gasteiger charge is -2.21. The van der Waals surface area contributed by atoms with E-state index in [4.69, 9.17) is 0 Å². The Bertz CT molecular complexity index is 450. The van der Waals surface area contributed by atoms with Crippen LogP contribution >= 0.6 is 0 Å². The summed E-state index contributed by atoms with van der Waals surface area (Å²) in [6.45, 7) is 0.681. The Morgan fingerprint density at radius 2 is 2.21 bits per heavy atom. The van der Waals surface area contributed by atoms with Crippen LogP contribution in [0, 0.1) is 0 Å². The number of nitrogens with one attached hydrogen (secondary N) is 1. The van der Waals surface area contributed by atoms with E-state index in [2.05, 4.69) is 10.5 Å². The second-order valence-electron chi connectivity index (χ2n) is 3.31. The normalized spacial score (nSPS) is 17.9. The molecule has 0 aliphatic carbocycles. The molecule has 0 spiro atoms. The van der Waals surface area contributed by atoms with Gasteiger partial charge in [0.25, 0.3) is 0 Å². The van der Waals surface area contributed by atoms with E-state index in [1.165, 1.54) is 0 Å². The quantitative estimate of drug-likeness (QED) is 0.639. The van der Waals surface area contributed by atoms with Crippen LogP contribution in [-0.2, 0) is 0 Å². The first-order valence-corrected chi connectivity index (χ1v) is 4.45. The fourth-order valence-corrected chi connectivity index (χ4v) is 1.79. The van der Waals surface area contributed by atoms with Gasteiger partial charge in [-0.05, 0) is 6.07 Å². The highest BCUT2D eigenvalue weighted by atomic mass is 16.5. The van der Waals surface area contributed by atoms with Crippen LogP contribution in [0.1, 0.15) is 5.56 Å². The largest absolute Gasteiger partial charge is 0.305 e. The molecule has 2 aliphatic rings. The zero-order valence-electron chi connectivity index (χ0n) is 7.44. The third kappa shape index (κ3) is 0.885. The van der Waals surface area contributed by atoms with Crippen LogP contribution in [0.25, 0.3) is 0 Å². The molecule has 0 radical (unpaired) electrons. The van der Waals surface area contributed by atoms with E-state index in [1.807, 2.05) is 24.3 Å². The second-order valence-corrected chi connectivity index (χ2v) is 3.31. The summed E-state index contributed by atoms with van der Waals surface area (Å²) in [7, 11) is 0. The highest BCUT2D eigenvalue weighted by Gasteiger charge is 2.24. The monoisotopic (exact) mass is 187 g/mol. The number of hydrazone groups is 1. The van der Waals surface area contributed by atoms with E-state index >= 15 is 0 Å². The number of benzene rings is 1. The molecule has 1 aromatic rings. The fourth-order valence-electron chi connectivity index (χ4n) is 1.79. The Labute approximate surface area is 81.1 Å². The van der Waals surface area contributed by atoms with Crippen molar-refractivity contribution < 1.29 is 5.21 Å². The molecule has 0 fully saturated rings. The molecule has 0 unspecified atom stereocenters. The van der Waals surface area contributed by atoms with Crippen molar-refractivity contribution in [3.8, 4) is 0 Å². The molecule has 0 bridgehead atoms. The van der Waals surface area contributed by atoms with Crippen LogP contribution in [0.4, 0.5) is 5.69 Å². The maximum absolute atomic E-state index is 9.68. The van der Waals surface area contributed by atoms with Crippen molar-refractivity contribution in [2.75, 3.05) is 11.6 Å². The van der Waals surface area contributed by atoms with Crippen molar-refractivity contribution in [1.29, 1.82) is 0 Å². The average Bonchev–Trinajstić information content (AvgIpc) is 2.66. The number of nitrogens with zero attached hydrogens (tertiary/aromatic N) is 2. The minimum Gasteiger partial charge on any atom is -0.305 e. The van der Waals surface area contributed by atoms with Gasteiger partial charge in [-0.15, -0.1) is 0 Å². The van der Waals surface area contributed by atoms with Gasteiger partial charge < -0.3 is 5.43 Å². The second kappa shape index (κ2) is 2.59. The van der Waals surface area contributed by atoms with Crippen LogP contribution in [0.5, 0.6) is 0 Å². The topological polar surface area (TPSA) is 47.9 Å². The van der Waals surface area contributed by atoms with Crippen molar-refractivity contribution >= 4 is 11.4 Å². The lowest BCUT2D eigenvalue weighted by Crippen LogP contribution is -2.22. The van der Waals surface area contributed by atoms with E-state index in [1.54, 1.807) is 6.20 Å². The lowest BCUT2D eigenvalue weighted by molar-refractivity contribution is 0.294. The molecule has 0 atom stereocenters. The highest BCUT2D eigenvalue weighted by Crippen LogP contribution is 2.28. The van der Waals surface area contributed by atoms with E-state index in [-0.39, 0.29) is 0 Å². The van der Waals surface area contributed by atoms with Crippen LogP contribution in [0.15, 0.2) is 41.1 Å². The van der Waals surface area contributed by atoms with Crippen molar-refractivity contribution in [2.24, 2.45) is 5.10 Å². The Morgan fingerprint density at radius 3 is 3.14 bits per heavy atom. The molecule has 3 rings (SSSR count). The van der Waals surface area contributed by atoms with Gasteiger partial charge in [0, 0.05) is 17.3 Å². The summed E-state index contributed by atoms with van der Waals surface area (Å²) in [6.07, 6.45) is 1.70. The van der Waals surface area contributed by atoms with Gasteiger partial charge >= 0.3 is 0 Å². The molecule has 4 nitrogen and oxygen atoms in total. The van der Waals surface area contributed by atoms with Gasteiger partial charge in [-0.3, -0.25) is 5.21 Å². The molecule has 0 aromatic heterocycles. The predicted molar refractivity (Wildman–Crippen MR) is 53.3 cm³/mol. The molecule has 0 amide bonds. The van der Waals surface area contributed by atoms with E-state index in [0.29, 0.717) is 6.54 Å². The van der Waals surface area contributed by atoms with Crippen molar-refractivity contribution in [2.45, 2.75) is 0 Å². The molecule has 2 aliphatic heterocycles. The summed E-state index contributed by atoms with van der Waals surface area (Å²) in [5.41, 5.74) is 6.61. The average molecular weight is 187 g/mol. The summed E-state index contributed by atoms with van der Waals surface area (Å²) in [5, 5.41) is 15.0. The molecular formula is C10H9N3O. The molecule has 14 heavy (non-hydrogen) atoms. The number of hydrogen-bond donors (Lipinski definition) is 2. The Balaban J connectivity index is 2.25. The van der Waals surface area contributed by atoms with Crippen LogP contribution in [0.3, 0.4) is 0 Å². The van der Waals surface area contributed by atoms with Gasteiger partial charge in [0.2, 0.25) is 0 Å². The van der Waals surface area contributed by atoms with Gasteiger partial charge in [-0.25, -0.2) is 5.06 Å². The number of para-hydroxylation sites is 1. The SMILES string of the molecule is ON1C=C2CNN=C2c2ccccc21. The molecule has 4 heteroatoms. The van der Waals surface area contributed by atoms with Crippen molar-refractivity contribution in [1.82, 2.24) is 5.43 Å². The maximum atomic E-state index is 9.68. The molecular weight excluding hydrogens is 178 g/mol. The maximum Gasteiger partial charge on any atom is 0.0989 e. The predicted octanol–water partition coefficient (Wildman–Crippen LogP) is 1.09. The standard InChI is InChI=1S/C10H9N3O/c14-13-6-7-5-11-12-10(7)8-3-1-2-4-9(8)13/h1-4,6,11,14H,5H2. The number of hydrogen-bond acceptors (Lipinski definition) is 4. The number of fused-ring (bicyclic) bond motifs is 3. The molecule has 2 N–H and O–H groups in total. The van der Waals surface area contributed by atoms with E-state index < -0.39 is 0 Å². The third-order valence-corrected chi connectivity index (χ3v) is 2.45. The van der Waals surface area contributed by atoms with Crippen molar-refractivity contribution in [3.05, 3.63) is 41.6 Å². The molecule has 0 saturated carbocycles. The van der Waals surface area contributed by atoms with Gasteiger partial charge in [0.1, 0.15) is 0 Å². The Hall–Kier alpha value is -1.81. The first-order chi connectivity index (χ1) is 6.86. The summed E-state index contributed by atoms with van der Waals surface area (Å²) in [5.74, 6) is 0. The minimum atomic E-state index is 0.681. The summed E-state index contributed by atoms with van der Waals surface area (Å²) < 4.78 is 0. The smallest absolute Gasteiger partial charge is 0.0989 e. The lowest BCUT2D eigenvalue weighted by atomic mass is 9.99. The molecule has 70 valence electrons. The molecule has 1 aromatic carbocycles. The van der Waals surface area contributed by atoms with Crippen LogP contribution in [0.2, 0.25) is 0 Å². The Morgan fingerprint density at radius 1 is 1.36 bits per heavy atom. The number of anilines is 1. The van der Waals surface area contributed by atoms with Crippen LogP contribution < -0.4 is 10.5 Å². The Kier molecular flexibility index (Phi) is 1.40. The minimum absolute atomic E-state index is 0.681. The van der Waals surface area contributed by atoms with Gasteiger partial charge in [-0.2, -0.15) is 5.10 Å². The number of hydroxylamine groups is 1. The van der Waals surface area contributed by atoms with Gasteiger partial charge in [-0.1, -0.05) is 18.2 Å². The van der Waals surface area contributed by atoms with E-state index in [9.17, 15) is 5.21 Å². The zero-order chi connectivity index (χ0) is 9.54. The highest BCUT2D eigenvalue weighted by molar-refractivity contribution is 6.18. The van der Waals surface area contributed by atoms with Gasteiger partial charge in [0.15, 0.2) is 0 Å². The third-order valence-electron chi connectivity index (χ3n) is 2.45. The summed E-state index contributed by atoms with van der Waals surface area (Å²) in [4.78, 5) is 0. The fraction of sp³-hybridized carbons (Fsp3) is 0.100. The summed E-state index contributed by atoms with van der Waals surface area (Å²) in [6, 6.07) is 7.65. The zero-order valence-corrected chi connectivity index (χ0v) is 7.44.